The van der Waals surface area contributed by atoms with Gasteiger partial charge in [-0.05, 0) is 43.0 Å². The first-order chi connectivity index (χ1) is 10.9. The van der Waals surface area contributed by atoms with E-state index in [9.17, 15) is 14.4 Å². The lowest BCUT2D eigenvalue weighted by atomic mass is 10.2. The molecular formula is C15H18ClN3O3S. The minimum absolute atomic E-state index is 0.314. The summed E-state index contributed by atoms with van der Waals surface area (Å²) in [5.41, 5.74) is 1.42. The zero-order valence-electron chi connectivity index (χ0n) is 12.9. The zero-order chi connectivity index (χ0) is 17.0. The number of urea groups is 1. The summed E-state index contributed by atoms with van der Waals surface area (Å²) in [5, 5.41) is 5.77. The molecule has 1 aliphatic heterocycles. The number of imide groups is 1. The third kappa shape index (κ3) is 4.39. The van der Waals surface area contributed by atoms with Crippen LogP contribution in [-0.2, 0) is 9.59 Å². The molecule has 1 aromatic carbocycles. The fourth-order valence-corrected chi connectivity index (χ4v) is 2.82. The molecule has 0 aromatic heterocycles. The molecule has 0 radical (unpaired) electrons. The minimum Gasteiger partial charge on any atom is -0.326 e. The van der Waals surface area contributed by atoms with Gasteiger partial charge in [-0.1, -0.05) is 17.7 Å². The number of benzene rings is 1. The fraction of sp³-hybridized carbons (Fsp3) is 0.400. The molecule has 2 N–H and O–H groups in total. The lowest BCUT2D eigenvalue weighted by Crippen LogP contribution is -2.38. The Labute approximate surface area is 143 Å². The van der Waals surface area contributed by atoms with E-state index in [2.05, 4.69) is 10.6 Å². The quantitative estimate of drug-likeness (QED) is 0.767. The number of thioether (sulfide) groups is 1. The van der Waals surface area contributed by atoms with Gasteiger partial charge in [-0.15, -0.1) is 0 Å². The summed E-state index contributed by atoms with van der Waals surface area (Å²) < 4.78 is 0. The summed E-state index contributed by atoms with van der Waals surface area (Å²) in [4.78, 5) is 37.0. The molecule has 0 spiro atoms. The normalized spacial score (nSPS) is 17.3. The SMILES string of the molecule is CSCCC1NC(=O)N(CC(=O)Nc2ccc(C)c(Cl)c2)C1=O. The maximum absolute atomic E-state index is 12.1. The van der Waals surface area contributed by atoms with Gasteiger partial charge < -0.3 is 10.6 Å². The molecule has 1 aliphatic rings. The van der Waals surface area contributed by atoms with Gasteiger partial charge in [-0.2, -0.15) is 11.8 Å². The molecule has 1 fully saturated rings. The number of halogens is 1. The second kappa shape index (κ2) is 7.70. The van der Waals surface area contributed by atoms with Gasteiger partial charge >= 0.3 is 6.03 Å². The molecule has 6 nitrogen and oxygen atoms in total. The highest BCUT2D eigenvalue weighted by atomic mass is 35.5. The summed E-state index contributed by atoms with van der Waals surface area (Å²) in [6.45, 7) is 1.54. The van der Waals surface area contributed by atoms with Crippen LogP contribution < -0.4 is 10.6 Å². The van der Waals surface area contributed by atoms with Crippen LogP contribution >= 0.6 is 23.4 Å². The van der Waals surface area contributed by atoms with Crippen molar-refractivity contribution in [2.45, 2.75) is 19.4 Å². The second-order valence-electron chi connectivity index (χ2n) is 5.22. The highest BCUT2D eigenvalue weighted by molar-refractivity contribution is 7.98. The van der Waals surface area contributed by atoms with Crippen LogP contribution in [0.2, 0.25) is 5.02 Å². The number of hydrogen-bond donors (Lipinski definition) is 2. The molecule has 8 heteroatoms. The van der Waals surface area contributed by atoms with Gasteiger partial charge in [-0.25, -0.2) is 4.79 Å². The number of nitrogens with one attached hydrogen (secondary N) is 2. The van der Waals surface area contributed by atoms with Crippen LogP contribution in [0.25, 0.3) is 0 Å². The van der Waals surface area contributed by atoms with Crippen molar-refractivity contribution in [1.82, 2.24) is 10.2 Å². The van der Waals surface area contributed by atoms with E-state index >= 15 is 0 Å². The highest BCUT2D eigenvalue weighted by Gasteiger charge is 2.38. The molecule has 0 bridgehead atoms. The van der Waals surface area contributed by atoms with E-state index in [4.69, 9.17) is 11.6 Å². The standard InChI is InChI=1S/C15H18ClN3O3S/c1-9-3-4-10(7-11(9)16)17-13(20)8-19-14(21)12(5-6-23-2)18-15(19)22/h3-4,7,12H,5-6,8H2,1-2H3,(H,17,20)(H,18,22). The number of aryl methyl sites for hydroxylation is 1. The van der Waals surface area contributed by atoms with Crippen molar-refractivity contribution in [3.63, 3.8) is 0 Å². The molecule has 23 heavy (non-hydrogen) atoms. The van der Waals surface area contributed by atoms with Crippen molar-refractivity contribution in [1.29, 1.82) is 0 Å². The van der Waals surface area contributed by atoms with Crippen LogP contribution in [0.4, 0.5) is 10.5 Å². The third-order valence-electron chi connectivity index (χ3n) is 3.47. The highest BCUT2D eigenvalue weighted by Crippen LogP contribution is 2.20. The molecule has 1 unspecified atom stereocenters. The molecule has 4 amide bonds. The third-order valence-corrected chi connectivity index (χ3v) is 4.53. The lowest BCUT2D eigenvalue weighted by Gasteiger charge is -2.13. The van der Waals surface area contributed by atoms with Crippen LogP contribution in [0.5, 0.6) is 0 Å². The first-order valence-corrected chi connectivity index (χ1v) is 8.86. The molecule has 1 aromatic rings. The maximum Gasteiger partial charge on any atom is 0.325 e. The molecule has 124 valence electrons. The Bertz CT molecular complexity index is 638. The molecule has 1 heterocycles. The van der Waals surface area contributed by atoms with E-state index in [1.807, 2.05) is 13.2 Å². The largest absolute Gasteiger partial charge is 0.326 e. The number of carbonyl (C=O) groups is 3. The van der Waals surface area contributed by atoms with Crippen LogP contribution in [0, 0.1) is 6.92 Å². The first-order valence-electron chi connectivity index (χ1n) is 7.09. The summed E-state index contributed by atoms with van der Waals surface area (Å²) in [6, 6.07) is 4.05. The van der Waals surface area contributed by atoms with Gasteiger partial charge in [0.1, 0.15) is 12.6 Å². The topological polar surface area (TPSA) is 78.5 Å². The number of amides is 4. The Morgan fingerprint density at radius 3 is 2.83 bits per heavy atom. The lowest BCUT2D eigenvalue weighted by molar-refractivity contribution is -0.130. The Balaban J connectivity index is 1.95. The van der Waals surface area contributed by atoms with Crippen LogP contribution in [0.1, 0.15) is 12.0 Å². The number of nitrogens with zero attached hydrogens (tertiary/aromatic N) is 1. The summed E-state index contributed by atoms with van der Waals surface area (Å²) in [5.74, 6) is -0.0430. The molecule has 1 atom stereocenters. The van der Waals surface area contributed by atoms with E-state index < -0.39 is 18.0 Å². The van der Waals surface area contributed by atoms with Crippen molar-refractivity contribution in [2.24, 2.45) is 0 Å². The van der Waals surface area contributed by atoms with Crippen molar-refractivity contribution in [3.05, 3.63) is 28.8 Å². The van der Waals surface area contributed by atoms with E-state index in [0.717, 1.165) is 16.2 Å². The fourth-order valence-electron chi connectivity index (χ4n) is 2.17. The zero-order valence-corrected chi connectivity index (χ0v) is 14.5. The average molecular weight is 356 g/mol. The van der Waals surface area contributed by atoms with Gasteiger partial charge in [0, 0.05) is 10.7 Å². The maximum atomic E-state index is 12.1. The number of carbonyl (C=O) groups excluding carboxylic acids is 3. The summed E-state index contributed by atoms with van der Waals surface area (Å²) >= 11 is 7.60. The Morgan fingerprint density at radius 2 is 2.17 bits per heavy atom. The van der Waals surface area contributed by atoms with E-state index in [0.29, 0.717) is 17.1 Å². The first kappa shape index (κ1) is 17.6. The van der Waals surface area contributed by atoms with Gasteiger partial charge in [0.25, 0.3) is 5.91 Å². The van der Waals surface area contributed by atoms with Gasteiger partial charge in [0.2, 0.25) is 5.91 Å². The van der Waals surface area contributed by atoms with Crippen LogP contribution in [0.15, 0.2) is 18.2 Å². The van der Waals surface area contributed by atoms with Gasteiger partial charge in [0.15, 0.2) is 0 Å². The van der Waals surface area contributed by atoms with E-state index in [1.165, 1.54) is 0 Å². The number of hydrogen-bond acceptors (Lipinski definition) is 4. The van der Waals surface area contributed by atoms with Crippen molar-refractivity contribution in [2.75, 3.05) is 23.9 Å². The molecule has 0 aliphatic carbocycles. The van der Waals surface area contributed by atoms with Crippen molar-refractivity contribution < 1.29 is 14.4 Å². The Kier molecular flexibility index (Phi) is 5.90. The molecular weight excluding hydrogens is 338 g/mol. The predicted octanol–water partition coefficient (Wildman–Crippen LogP) is 2.26. The van der Waals surface area contributed by atoms with Gasteiger partial charge in [0.05, 0.1) is 0 Å². The number of rotatable bonds is 6. The monoisotopic (exact) mass is 355 g/mol. The summed E-state index contributed by atoms with van der Waals surface area (Å²) in [6.07, 6.45) is 2.48. The minimum atomic E-state index is -0.545. The molecule has 0 saturated carbocycles. The van der Waals surface area contributed by atoms with E-state index in [-0.39, 0.29) is 12.5 Å². The van der Waals surface area contributed by atoms with Gasteiger partial charge in [-0.3, -0.25) is 14.5 Å². The van der Waals surface area contributed by atoms with Crippen LogP contribution in [0.3, 0.4) is 0 Å². The average Bonchev–Trinajstić information content (AvgIpc) is 2.76. The van der Waals surface area contributed by atoms with Crippen molar-refractivity contribution in [3.8, 4) is 0 Å². The second-order valence-corrected chi connectivity index (χ2v) is 6.61. The Morgan fingerprint density at radius 1 is 1.43 bits per heavy atom. The number of anilines is 1. The smallest absolute Gasteiger partial charge is 0.325 e. The van der Waals surface area contributed by atoms with Crippen LogP contribution in [-0.4, -0.2) is 47.3 Å². The van der Waals surface area contributed by atoms with E-state index in [1.54, 1.807) is 30.0 Å². The molecule has 1 saturated heterocycles. The predicted molar refractivity (Wildman–Crippen MR) is 91.9 cm³/mol. The summed E-state index contributed by atoms with van der Waals surface area (Å²) in [7, 11) is 0. The molecule has 2 rings (SSSR count). The Hall–Kier alpha value is -1.73. The van der Waals surface area contributed by atoms with Crippen molar-refractivity contribution >= 4 is 46.9 Å².